The van der Waals surface area contributed by atoms with Crippen LogP contribution in [-0.4, -0.2) is 47.3 Å². The molecule has 1 aliphatic rings. The Morgan fingerprint density at radius 3 is 2.78 bits per heavy atom. The molecule has 0 saturated carbocycles. The first-order chi connectivity index (χ1) is 15.5. The van der Waals surface area contributed by atoms with Crippen LogP contribution in [0.4, 0.5) is 11.4 Å². The smallest absolute Gasteiger partial charge is 0.254 e. The maximum atomic E-state index is 12.9. The number of halogens is 1. The largest absolute Gasteiger partial charge is 0.398 e. The lowest BCUT2D eigenvalue weighted by molar-refractivity contribution is -0.133. The number of nitrogen functional groups attached to an aromatic ring is 1. The number of carbonyl (C=O) groups excluding carboxylic acids is 1. The molecule has 32 heavy (non-hydrogen) atoms. The molecular weight excluding hydrogens is 470 g/mol. The van der Waals surface area contributed by atoms with Gasteiger partial charge in [0.25, 0.3) is 5.91 Å². The fourth-order valence-electron chi connectivity index (χ4n) is 3.62. The van der Waals surface area contributed by atoms with Gasteiger partial charge in [0.05, 0.1) is 12.3 Å². The third-order valence-corrected chi connectivity index (χ3v) is 6.13. The van der Waals surface area contributed by atoms with Crippen LogP contribution in [0, 0.1) is 5.41 Å². The molecular formula is C24H24BrN5O2. The molecule has 8 heteroatoms. The number of ether oxygens (including phenoxy) is 1. The van der Waals surface area contributed by atoms with E-state index in [-0.39, 0.29) is 11.6 Å². The maximum absolute atomic E-state index is 12.9. The summed E-state index contributed by atoms with van der Waals surface area (Å²) >= 11 is 3.58. The van der Waals surface area contributed by atoms with Gasteiger partial charge >= 0.3 is 0 Å². The molecule has 7 nitrogen and oxygen atoms in total. The van der Waals surface area contributed by atoms with Gasteiger partial charge in [-0.3, -0.25) is 20.1 Å². The first-order valence-corrected chi connectivity index (χ1v) is 11.1. The van der Waals surface area contributed by atoms with Crippen LogP contribution in [0.2, 0.25) is 0 Å². The van der Waals surface area contributed by atoms with Crippen molar-refractivity contribution in [3.05, 3.63) is 88.2 Å². The van der Waals surface area contributed by atoms with E-state index in [9.17, 15) is 4.79 Å². The second kappa shape index (κ2) is 10.0. The Kier molecular flexibility index (Phi) is 6.94. The Bertz CT molecular complexity index is 1120. The summed E-state index contributed by atoms with van der Waals surface area (Å²) in [4.78, 5) is 19.1. The molecule has 0 bridgehead atoms. The summed E-state index contributed by atoms with van der Waals surface area (Å²) in [5, 5.41) is 11.4. The number of hydrogen-bond acceptors (Lipinski definition) is 6. The molecule has 0 aliphatic carbocycles. The zero-order valence-corrected chi connectivity index (χ0v) is 19.0. The van der Waals surface area contributed by atoms with Crippen LogP contribution in [0.3, 0.4) is 0 Å². The summed E-state index contributed by atoms with van der Waals surface area (Å²) in [6.07, 6.45) is 2.68. The predicted molar refractivity (Wildman–Crippen MR) is 129 cm³/mol. The highest BCUT2D eigenvalue weighted by Crippen LogP contribution is 2.23. The highest BCUT2D eigenvalue weighted by atomic mass is 79.9. The average Bonchev–Trinajstić information content (AvgIpc) is 2.82. The molecule has 1 atom stereocenters. The fourth-order valence-corrected chi connectivity index (χ4v) is 4.03. The Hall–Kier alpha value is -3.07. The molecule has 2 aromatic carbocycles. The lowest BCUT2D eigenvalue weighted by Gasteiger charge is -2.32. The van der Waals surface area contributed by atoms with E-state index in [1.165, 1.54) is 5.56 Å². The minimum atomic E-state index is -0.577. The van der Waals surface area contributed by atoms with Crippen molar-refractivity contribution in [3.63, 3.8) is 0 Å². The summed E-state index contributed by atoms with van der Waals surface area (Å²) in [6, 6.07) is 16.7. The molecule has 1 fully saturated rings. The fraction of sp³-hybridized carbons (Fsp3) is 0.208. The number of anilines is 2. The maximum Gasteiger partial charge on any atom is 0.254 e. The number of morpholine rings is 1. The number of nitrogens with one attached hydrogen (secondary N) is 2. The van der Waals surface area contributed by atoms with Crippen LogP contribution in [0.15, 0.2) is 71.5 Å². The van der Waals surface area contributed by atoms with E-state index in [1.54, 1.807) is 42.7 Å². The van der Waals surface area contributed by atoms with E-state index < -0.39 is 6.10 Å². The van der Waals surface area contributed by atoms with Crippen molar-refractivity contribution in [1.29, 1.82) is 5.41 Å². The summed E-state index contributed by atoms with van der Waals surface area (Å²) in [5.41, 5.74) is 9.84. The molecule has 1 aromatic heterocycles. The number of nitrogens with zero attached hydrogens (tertiary/aromatic N) is 2. The Morgan fingerprint density at radius 1 is 1.22 bits per heavy atom. The minimum absolute atomic E-state index is 0.215. The van der Waals surface area contributed by atoms with E-state index in [2.05, 4.69) is 37.2 Å². The summed E-state index contributed by atoms with van der Waals surface area (Å²) < 4.78 is 6.80. The average molecular weight is 494 g/mol. The highest BCUT2D eigenvalue weighted by Gasteiger charge is 2.27. The molecule has 164 valence electrons. The second-order valence-electron chi connectivity index (χ2n) is 7.59. The van der Waals surface area contributed by atoms with E-state index in [4.69, 9.17) is 15.9 Å². The molecule has 2 heterocycles. The Morgan fingerprint density at radius 2 is 2.00 bits per heavy atom. The van der Waals surface area contributed by atoms with Gasteiger partial charge in [0.2, 0.25) is 0 Å². The summed E-state index contributed by atoms with van der Waals surface area (Å²) in [5.74, 6) is -0.215. The van der Waals surface area contributed by atoms with Gasteiger partial charge in [-0.25, -0.2) is 0 Å². The van der Waals surface area contributed by atoms with Gasteiger partial charge in [0.15, 0.2) is 0 Å². The third-order valence-electron chi connectivity index (χ3n) is 5.35. The first-order valence-electron chi connectivity index (χ1n) is 10.3. The van der Waals surface area contributed by atoms with Crippen molar-refractivity contribution < 1.29 is 9.53 Å². The summed E-state index contributed by atoms with van der Waals surface area (Å²) in [7, 11) is 0. The number of pyridine rings is 1. The molecule has 1 saturated heterocycles. The van der Waals surface area contributed by atoms with Gasteiger partial charge in [-0.15, -0.1) is 0 Å². The van der Waals surface area contributed by atoms with Gasteiger partial charge in [0, 0.05) is 59.0 Å². The van der Waals surface area contributed by atoms with Gasteiger partial charge in [-0.05, 0) is 42.0 Å². The number of nitrogens with two attached hydrogens (primary N) is 1. The lowest BCUT2D eigenvalue weighted by Crippen LogP contribution is -2.47. The SMILES string of the molecule is N=C(c1ccncc1)c1cc(NC(=O)C2CN(Cc3ccccc3Br)CCO2)ccc1N. The molecule has 3 aromatic rings. The number of benzene rings is 2. The Balaban J connectivity index is 1.43. The first kappa shape index (κ1) is 22.1. The van der Waals surface area contributed by atoms with Crippen molar-refractivity contribution in [2.45, 2.75) is 12.6 Å². The third kappa shape index (κ3) is 5.21. The van der Waals surface area contributed by atoms with Crippen LogP contribution in [0.1, 0.15) is 16.7 Å². The quantitative estimate of drug-likeness (QED) is 0.358. The van der Waals surface area contributed by atoms with E-state index in [0.717, 1.165) is 17.6 Å². The van der Waals surface area contributed by atoms with E-state index in [1.807, 2.05) is 18.2 Å². The lowest BCUT2D eigenvalue weighted by atomic mass is 10.0. The summed E-state index contributed by atoms with van der Waals surface area (Å²) in [6.45, 7) is 2.49. The minimum Gasteiger partial charge on any atom is -0.398 e. The van der Waals surface area contributed by atoms with Crippen molar-refractivity contribution in [1.82, 2.24) is 9.88 Å². The molecule has 0 spiro atoms. The zero-order chi connectivity index (χ0) is 22.5. The number of amides is 1. The van der Waals surface area contributed by atoms with Crippen LogP contribution in [0.25, 0.3) is 0 Å². The molecule has 4 N–H and O–H groups in total. The van der Waals surface area contributed by atoms with Crippen LogP contribution < -0.4 is 11.1 Å². The number of carbonyl (C=O) groups is 1. The normalized spacial score (nSPS) is 16.5. The van der Waals surface area contributed by atoms with E-state index in [0.29, 0.717) is 35.7 Å². The van der Waals surface area contributed by atoms with Gasteiger partial charge < -0.3 is 15.8 Å². The monoisotopic (exact) mass is 493 g/mol. The van der Waals surface area contributed by atoms with Crippen LogP contribution in [0.5, 0.6) is 0 Å². The zero-order valence-electron chi connectivity index (χ0n) is 17.4. The van der Waals surface area contributed by atoms with Gasteiger partial charge in [-0.2, -0.15) is 0 Å². The number of hydrogen-bond donors (Lipinski definition) is 3. The van der Waals surface area contributed by atoms with Gasteiger partial charge in [-0.1, -0.05) is 34.1 Å². The van der Waals surface area contributed by atoms with Crippen molar-refractivity contribution in [2.24, 2.45) is 0 Å². The van der Waals surface area contributed by atoms with Crippen molar-refractivity contribution >= 4 is 38.9 Å². The van der Waals surface area contributed by atoms with Gasteiger partial charge in [0.1, 0.15) is 6.10 Å². The molecule has 0 radical (unpaired) electrons. The molecule has 1 amide bonds. The van der Waals surface area contributed by atoms with Crippen LogP contribution in [-0.2, 0) is 16.1 Å². The predicted octanol–water partition coefficient (Wildman–Crippen LogP) is 3.68. The second-order valence-corrected chi connectivity index (χ2v) is 8.44. The standard InChI is InChI=1S/C24H24BrN5O2/c25-20-4-2-1-3-17(20)14-30-11-12-32-22(15-30)24(31)29-18-5-6-21(26)19(13-18)23(27)16-7-9-28-10-8-16/h1-10,13,22,27H,11-12,14-15,26H2,(H,29,31). The Labute approximate surface area is 195 Å². The van der Waals surface area contributed by atoms with Crippen LogP contribution >= 0.6 is 15.9 Å². The number of rotatable bonds is 6. The number of aromatic nitrogens is 1. The molecule has 1 aliphatic heterocycles. The topological polar surface area (TPSA) is 104 Å². The highest BCUT2D eigenvalue weighted by molar-refractivity contribution is 9.10. The molecule has 1 unspecified atom stereocenters. The molecule has 4 rings (SSSR count). The van der Waals surface area contributed by atoms with E-state index >= 15 is 0 Å². The van der Waals surface area contributed by atoms with Crippen molar-refractivity contribution in [2.75, 3.05) is 30.7 Å². The van der Waals surface area contributed by atoms with Crippen molar-refractivity contribution in [3.8, 4) is 0 Å².